The molecule has 2 atom stereocenters. The minimum Gasteiger partial charge on any atom is -0.481 e. The number of hydrogen-bond donors (Lipinski definition) is 2. The summed E-state index contributed by atoms with van der Waals surface area (Å²) in [5.41, 5.74) is 0. The molecule has 2 N–H and O–H groups in total. The predicted octanol–water partition coefficient (Wildman–Crippen LogP) is 1.51. The molecule has 1 saturated heterocycles. The van der Waals surface area contributed by atoms with Crippen molar-refractivity contribution in [1.29, 1.82) is 0 Å². The first-order valence-electron chi connectivity index (χ1n) is 5.70. The number of hydrogen-bond acceptors (Lipinski definition) is 4. The van der Waals surface area contributed by atoms with Gasteiger partial charge < -0.3 is 9.84 Å². The molecule has 21 heavy (non-hydrogen) atoms. The molecule has 10 heteroatoms. The van der Waals surface area contributed by atoms with E-state index >= 15 is 0 Å². The van der Waals surface area contributed by atoms with Crippen LogP contribution in [0.5, 0.6) is 0 Å². The number of ether oxygens (including phenoxy) is 1. The largest absolute Gasteiger partial charge is 0.481 e. The molecule has 0 bridgehead atoms. The van der Waals surface area contributed by atoms with Crippen LogP contribution in [-0.2, 0) is 19.6 Å². The standard InChI is InChI=1S/C11H10Cl2FNO5S/c12-6-1-2-8(9(13)10(6)14)21(18,19)15-7-4-20-3-5(7)11(16)17/h1-2,5,7,15H,3-4H2,(H,16,17). The van der Waals surface area contributed by atoms with E-state index in [1.807, 2.05) is 0 Å². The van der Waals surface area contributed by atoms with Gasteiger partial charge in [-0.3, -0.25) is 4.79 Å². The van der Waals surface area contributed by atoms with Crippen molar-refractivity contribution in [2.75, 3.05) is 13.2 Å². The zero-order valence-corrected chi connectivity index (χ0v) is 12.7. The Bertz CT molecular complexity index is 681. The lowest BCUT2D eigenvalue weighted by Gasteiger charge is -2.16. The summed E-state index contributed by atoms with van der Waals surface area (Å²) in [7, 11) is -4.20. The lowest BCUT2D eigenvalue weighted by molar-refractivity contribution is -0.142. The third-order valence-corrected chi connectivity index (χ3v) is 5.30. The lowest BCUT2D eigenvalue weighted by Crippen LogP contribution is -2.42. The number of sulfonamides is 1. The second-order valence-corrected chi connectivity index (χ2v) is 6.85. The van der Waals surface area contributed by atoms with Crippen LogP contribution < -0.4 is 4.72 Å². The van der Waals surface area contributed by atoms with Crippen molar-refractivity contribution in [3.05, 3.63) is 28.0 Å². The van der Waals surface area contributed by atoms with Crippen molar-refractivity contribution in [3.8, 4) is 0 Å². The van der Waals surface area contributed by atoms with Gasteiger partial charge in [-0.2, -0.15) is 0 Å². The number of halogens is 3. The van der Waals surface area contributed by atoms with Gasteiger partial charge in [0.05, 0.1) is 35.2 Å². The number of carboxylic acid groups (broad SMARTS) is 1. The normalized spacial score (nSPS) is 22.4. The highest BCUT2D eigenvalue weighted by Crippen LogP contribution is 2.30. The minimum absolute atomic E-state index is 0.0934. The van der Waals surface area contributed by atoms with Gasteiger partial charge in [0.15, 0.2) is 5.82 Å². The van der Waals surface area contributed by atoms with Crippen molar-refractivity contribution >= 4 is 39.2 Å². The van der Waals surface area contributed by atoms with Crippen LogP contribution in [0.2, 0.25) is 10.0 Å². The van der Waals surface area contributed by atoms with E-state index in [9.17, 15) is 17.6 Å². The zero-order chi connectivity index (χ0) is 15.8. The Labute approximate surface area is 129 Å². The molecule has 1 fully saturated rings. The SMILES string of the molecule is O=C(O)C1COCC1NS(=O)(=O)c1ccc(Cl)c(F)c1Cl. The highest BCUT2D eigenvalue weighted by molar-refractivity contribution is 7.89. The summed E-state index contributed by atoms with van der Waals surface area (Å²) in [6.45, 7) is -0.199. The molecule has 1 aliphatic rings. The Balaban J connectivity index is 2.31. The van der Waals surface area contributed by atoms with Crippen LogP contribution in [0.1, 0.15) is 0 Å². The summed E-state index contributed by atoms with van der Waals surface area (Å²) in [6, 6.07) is 1.14. The van der Waals surface area contributed by atoms with E-state index in [0.29, 0.717) is 0 Å². The molecule has 1 aromatic rings. The molecule has 0 saturated carbocycles. The molecule has 1 heterocycles. The fourth-order valence-electron chi connectivity index (χ4n) is 1.89. The fraction of sp³-hybridized carbons (Fsp3) is 0.364. The molecule has 2 rings (SSSR count). The molecule has 1 aliphatic heterocycles. The summed E-state index contributed by atoms with van der Waals surface area (Å²) in [5, 5.41) is 8.00. The van der Waals surface area contributed by atoms with Crippen LogP contribution in [0.15, 0.2) is 17.0 Å². The first-order valence-corrected chi connectivity index (χ1v) is 7.94. The van der Waals surface area contributed by atoms with Crippen LogP contribution in [-0.4, -0.2) is 38.7 Å². The number of carboxylic acids is 1. The van der Waals surface area contributed by atoms with Crippen molar-refractivity contribution in [3.63, 3.8) is 0 Å². The monoisotopic (exact) mass is 357 g/mol. The van der Waals surface area contributed by atoms with Crippen molar-refractivity contribution in [2.45, 2.75) is 10.9 Å². The first kappa shape index (κ1) is 16.4. The van der Waals surface area contributed by atoms with Gasteiger partial charge in [0, 0.05) is 0 Å². The average molecular weight is 358 g/mol. The number of carbonyl (C=O) groups is 1. The summed E-state index contributed by atoms with van der Waals surface area (Å²) in [4.78, 5) is 10.5. The van der Waals surface area contributed by atoms with Crippen molar-refractivity contribution in [2.24, 2.45) is 5.92 Å². The van der Waals surface area contributed by atoms with E-state index in [2.05, 4.69) is 4.72 Å². The topological polar surface area (TPSA) is 92.7 Å². The number of rotatable bonds is 4. The molecule has 0 aliphatic carbocycles. The molecule has 0 radical (unpaired) electrons. The highest BCUT2D eigenvalue weighted by Gasteiger charge is 2.37. The van der Waals surface area contributed by atoms with E-state index in [-0.39, 0.29) is 18.2 Å². The maximum absolute atomic E-state index is 13.6. The summed E-state index contributed by atoms with van der Waals surface area (Å²) in [6.07, 6.45) is 0. The number of nitrogens with one attached hydrogen (secondary N) is 1. The maximum atomic E-state index is 13.6. The lowest BCUT2D eigenvalue weighted by atomic mass is 10.1. The fourth-order valence-corrected chi connectivity index (χ4v) is 3.90. The molecular formula is C11H10Cl2FNO5S. The van der Waals surface area contributed by atoms with Crippen LogP contribution in [0.3, 0.4) is 0 Å². The molecule has 0 amide bonds. The molecule has 1 aromatic carbocycles. The predicted molar refractivity (Wildman–Crippen MR) is 72.5 cm³/mol. The Hall–Kier alpha value is -0.930. The molecule has 2 unspecified atom stereocenters. The van der Waals surface area contributed by atoms with Gasteiger partial charge in [-0.25, -0.2) is 17.5 Å². The number of benzene rings is 1. The first-order chi connectivity index (χ1) is 9.74. The smallest absolute Gasteiger partial charge is 0.310 e. The summed E-state index contributed by atoms with van der Waals surface area (Å²) >= 11 is 11.1. The van der Waals surface area contributed by atoms with E-state index in [1.165, 1.54) is 0 Å². The Morgan fingerprint density at radius 2 is 2.05 bits per heavy atom. The van der Waals surface area contributed by atoms with Gasteiger partial charge in [-0.1, -0.05) is 23.2 Å². The average Bonchev–Trinajstić information content (AvgIpc) is 2.83. The second-order valence-electron chi connectivity index (χ2n) is 4.38. The van der Waals surface area contributed by atoms with E-state index in [4.69, 9.17) is 33.0 Å². The molecule has 0 aromatic heterocycles. The molecule has 0 spiro atoms. The van der Waals surface area contributed by atoms with Crippen LogP contribution in [0, 0.1) is 11.7 Å². The molecular weight excluding hydrogens is 348 g/mol. The van der Waals surface area contributed by atoms with Crippen molar-refractivity contribution < 1.29 is 27.4 Å². The van der Waals surface area contributed by atoms with E-state index in [1.54, 1.807) is 0 Å². The van der Waals surface area contributed by atoms with Crippen LogP contribution in [0.4, 0.5) is 4.39 Å². The van der Waals surface area contributed by atoms with Crippen LogP contribution >= 0.6 is 23.2 Å². The molecule has 6 nitrogen and oxygen atoms in total. The Kier molecular flexibility index (Phi) is 4.74. The second kappa shape index (κ2) is 6.05. The third-order valence-electron chi connectivity index (χ3n) is 2.99. The van der Waals surface area contributed by atoms with Gasteiger partial charge >= 0.3 is 5.97 Å². The zero-order valence-electron chi connectivity index (χ0n) is 10.3. The Morgan fingerprint density at radius 1 is 1.38 bits per heavy atom. The highest BCUT2D eigenvalue weighted by atomic mass is 35.5. The maximum Gasteiger partial charge on any atom is 0.310 e. The van der Waals surface area contributed by atoms with E-state index < -0.39 is 43.7 Å². The van der Waals surface area contributed by atoms with Gasteiger partial charge in [-0.05, 0) is 12.1 Å². The third kappa shape index (κ3) is 3.29. The summed E-state index contributed by atoms with van der Waals surface area (Å²) in [5.74, 6) is -3.26. The van der Waals surface area contributed by atoms with E-state index in [0.717, 1.165) is 12.1 Å². The Morgan fingerprint density at radius 3 is 2.67 bits per heavy atom. The quantitative estimate of drug-likeness (QED) is 0.796. The van der Waals surface area contributed by atoms with Gasteiger partial charge in [0.1, 0.15) is 4.90 Å². The summed E-state index contributed by atoms with van der Waals surface area (Å²) < 4.78 is 45.1. The van der Waals surface area contributed by atoms with Gasteiger partial charge in [0.2, 0.25) is 10.0 Å². The van der Waals surface area contributed by atoms with Gasteiger partial charge in [-0.15, -0.1) is 0 Å². The number of aliphatic carboxylic acids is 1. The van der Waals surface area contributed by atoms with Crippen LogP contribution in [0.25, 0.3) is 0 Å². The minimum atomic E-state index is -4.20. The van der Waals surface area contributed by atoms with Crippen molar-refractivity contribution in [1.82, 2.24) is 4.72 Å². The van der Waals surface area contributed by atoms with Gasteiger partial charge in [0.25, 0.3) is 0 Å². The molecule has 116 valence electrons.